The molecule has 1 aliphatic carbocycles. The fraction of sp³-hybridized carbons (Fsp3) is 0.938. The maximum atomic E-state index is 11.2. The summed E-state index contributed by atoms with van der Waals surface area (Å²) < 4.78 is 4.91. The lowest BCUT2D eigenvalue weighted by molar-refractivity contribution is -0.143. The highest BCUT2D eigenvalue weighted by molar-refractivity contribution is 5.69. The maximum absolute atomic E-state index is 11.2. The smallest absolute Gasteiger partial charge is 0.305 e. The molecule has 0 atom stereocenters. The van der Waals surface area contributed by atoms with Gasteiger partial charge in [0.2, 0.25) is 0 Å². The first-order chi connectivity index (χ1) is 9.33. The normalized spacial score (nSPS) is 17.7. The number of ether oxygens (including phenoxy) is 1. The predicted octanol–water partition coefficient (Wildman–Crippen LogP) is 3.81. The molecule has 1 saturated carbocycles. The Hall–Kier alpha value is -0.570. The van der Waals surface area contributed by atoms with Gasteiger partial charge in [-0.1, -0.05) is 38.5 Å². The van der Waals surface area contributed by atoms with E-state index in [-0.39, 0.29) is 5.97 Å². The van der Waals surface area contributed by atoms with Crippen LogP contribution in [0.5, 0.6) is 0 Å². The molecule has 112 valence electrons. The molecule has 1 aliphatic rings. The number of carbonyl (C=O) groups is 1. The van der Waals surface area contributed by atoms with Crippen LogP contribution in [0, 0.1) is 0 Å². The molecule has 1 rings (SSSR count). The van der Waals surface area contributed by atoms with Gasteiger partial charge in [0.1, 0.15) is 0 Å². The third-order valence-corrected chi connectivity index (χ3v) is 3.90. The number of unbranched alkanes of at least 4 members (excludes halogenated alkanes) is 2. The van der Waals surface area contributed by atoms with E-state index in [0.717, 1.165) is 25.4 Å². The molecule has 0 amide bonds. The van der Waals surface area contributed by atoms with Crippen LogP contribution in [-0.4, -0.2) is 25.2 Å². The number of esters is 1. The second-order valence-electron chi connectivity index (χ2n) is 5.61. The van der Waals surface area contributed by atoms with Gasteiger partial charge in [-0.05, 0) is 39.2 Å². The van der Waals surface area contributed by atoms with E-state index in [1.807, 2.05) is 6.92 Å². The molecule has 0 aromatic rings. The van der Waals surface area contributed by atoms with Crippen molar-refractivity contribution in [2.24, 2.45) is 0 Å². The molecule has 0 radical (unpaired) electrons. The summed E-state index contributed by atoms with van der Waals surface area (Å²) in [6.45, 7) is 3.46. The van der Waals surface area contributed by atoms with Crippen LogP contribution in [0.25, 0.3) is 0 Å². The molecular formula is C16H31NO2. The minimum Gasteiger partial charge on any atom is -0.466 e. The quantitative estimate of drug-likeness (QED) is 0.538. The van der Waals surface area contributed by atoms with Gasteiger partial charge in [-0.3, -0.25) is 4.79 Å². The summed E-state index contributed by atoms with van der Waals surface area (Å²) >= 11 is 0. The zero-order chi connectivity index (χ0) is 13.8. The Labute approximate surface area is 118 Å². The molecule has 1 N–H and O–H groups in total. The molecule has 0 bridgehead atoms. The van der Waals surface area contributed by atoms with Crippen molar-refractivity contribution in [1.29, 1.82) is 0 Å². The Morgan fingerprint density at radius 1 is 1.05 bits per heavy atom. The molecule has 0 spiro atoms. The largest absolute Gasteiger partial charge is 0.466 e. The van der Waals surface area contributed by atoms with E-state index >= 15 is 0 Å². The van der Waals surface area contributed by atoms with E-state index < -0.39 is 0 Å². The van der Waals surface area contributed by atoms with Gasteiger partial charge in [0.15, 0.2) is 0 Å². The molecule has 1 fully saturated rings. The Morgan fingerprint density at radius 3 is 2.42 bits per heavy atom. The van der Waals surface area contributed by atoms with Crippen molar-refractivity contribution in [1.82, 2.24) is 5.32 Å². The summed E-state index contributed by atoms with van der Waals surface area (Å²) in [7, 11) is 0. The minimum absolute atomic E-state index is 0.0459. The lowest BCUT2D eigenvalue weighted by Crippen LogP contribution is -2.30. The molecule has 19 heavy (non-hydrogen) atoms. The molecular weight excluding hydrogens is 238 g/mol. The first kappa shape index (κ1) is 16.5. The average Bonchev–Trinajstić information content (AvgIpc) is 2.35. The highest BCUT2D eigenvalue weighted by Crippen LogP contribution is 2.17. The Balaban J connectivity index is 1.93. The zero-order valence-corrected chi connectivity index (χ0v) is 12.6. The van der Waals surface area contributed by atoms with Crippen molar-refractivity contribution in [3.05, 3.63) is 0 Å². The monoisotopic (exact) mass is 269 g/mol. The zero-order valence-electron chi connectivity index (χ0n) is 12.6. The van der Waals surface area contributed by atoms with Crippen molar-refractivity contribution in [3.8, 4) is 0 Å². The topological polar surface area (TPSA) is 38.3 Å². The van der Waals surface area contributed by atoms with Gasteiger partial charge in [-0.25, -0.2) is 0 Å². The van der Waals surface area contributed by atoms with Gasteiger partial charge in [-0.2, -0.15) is 0 Å². The number of rotatable bonds is 8. The molecule has 0 aliphatic heterocycles. The van der Waals surface area contributed by atoms with E-state index in [2.05, 4.69) is 5.32 Å². The van der Waals surface area contributed by atoms with E-state index in [4.69, 9.17) is 4.74 Å². The second kappa shape index (κ2) is 11.3. The predicted molar refractivity (Wildman–Crippen MR) is 79.2 cm³/mol. The molecule has 0 heterocycles. The third-order valence-electron chi connectivity index (χ3n) is 3.90. The van der Waals surface area contributed by atoms with Crippen LogP contribution >= 0.6 is 0 Å². The van der Waals surface area contributed by atoms with Gasteiger partial charge in [0, 0.05) is 12.5 Å². The van der Waals surface area contributed by atoms with Crippen molar-refractivity contribution in [3.63, 3.8) is 0 Å². The van der Waals surface area contributed by atoms with E-state index in [1.54, 1.807) is 0 Å². The van der Waals surface area contributed by atoms with Crippen molar-refractivity contribution in [2.45, 2.75) is 83.6 Å². The van der Waals surface area contributed by atoms with Gasteiger partial charge in [-0.15, -0.1) is 0 Å². The first-order valence-electron chi connectivity index (χ1n) is 8.22. The molecule has 0 saturated heterocycles. The van der Waals surface area contributed by atoms with Gasteiger partial charge in [0.25, 0.3) is 0 Å². The van der Waals surface area contributed by atoms with Crippen molar-refractivity contribution >= 4 is 5.97 Å². The van der Waals surface area contributed by atoms with Crippen LogP contribution in [0.2, 0.25) is 0 Å². The van der Waals surface area contributed by atoms with E-state index in [9.17, 15) is 4.79 Å². The number of carbonyl (C=O) groups excluding carboxylic acids is 1. The second-order valence-corrected chi connectivity index (χ2v) is 5.61. The SMILES string of the molecule is CCOC(=O)CCCCCNC1CCCCCCC1. The standard InChI is InChI=1S/C16H31NO2/c1-2-19-16(18)13-9-6-10-14-17-15-11-7-4-3-5-8-12-15/h15,17H,2-14H2,1H3. The van der Waals surface area contributed by atoms with Crippen LogP contribution in [0.4, 0.5) is 0 Å². The fourth-order valence-corrected chi connectivity index (χ4v) is 2.77. The summed E-state index contributed by atoms with van der Waals surface area (Å²) in [5.74, 6) is -0.0459. The first-order valence-corrected chi connectivity index (χ1v) is 8.22. The van der Waals surface area contributed by atoms with Gasteiger partial charge in [0.05, 0.1) is 6.61 Å². The summed E-state index contributed by atoms with van der Waals surface area (Å²) in [6, 6.07) is 0.741. The summed E-state index contributed by atoms with van der Waals surface area (Å²) in [5, 5.41) is 3.69. The van der Waals surface area contributed by atoms with E-state index in [1.165, 1.54) is 51.4 Å². The Kier molecular flexibility index (Phi) is 9.78. The Morgan fingerprint density at radius 2 is 1.74 bits per heavy atom. The fourth-order valence-electron chi connectivity index (χ4n) is 2.77. The van der Waals surface area contributed by atoms with Gasteiger partial charge < -0.3 is 10.1 Å². The molecule has 0 unspecified atom stereocenters. The molecule has 3 nitrogen and oxygen atoms in total. The van der Waals surface area contributed by atoms with Crippen LogP contribution in [0.3, 0.4) is 0 Å². The van der Waals surface area contributed by atoms with Crippen molar-refractivity contribution < 1.29 is 9.53 Å². The van der Waals surface area contributed by atoms with Crippen molar-refractivity contribution in [2.75, 3.05) is 13.2 Å². The highest BCUT2D eigenvalue weighted by Gasteiger charge is 2.10. The Bertz CT molecular complexity index is 223. The lowest BCUT2D eigenvalue weighted by atomic mass is 9.96. The number of nitrogens with one attached hydrogen (secondary N) is 1. The minimum atomic E-state index is -0.0459. The average molecular weight is 269 g/mol. The molecule has 0 aromatic carbocycles. The maximum Gasteiger partial charge on any atom is 0.305 e. The lowest BCUT2D eigenvalue weighted by Gasteiger charge is -2.21. The van der Waals surface area contributed by atoms with Gasteiger partial charge >= 0.3 is 5.97 Å². The summed E-state index contributed by atoms with van der Waals surface area (Å²) in [6.07, 6.45) is 13.6. The van der Waals surface area contributed by atoms with Crippen LogP contribution in [0.15, 0.2) is 0 Å². The van der Waals surface area contributed by atoms with Crippen LogP contribution < -0.4 is 5.32 Å². The highest BCUT2D eigenvalue weighted by atomic mass is 16.5. The summed E-state index contributed by atoms with van der Waals surface area (Å²) in [4.78, 5) is 11.2. The van der Waals surface area contributed by atoms with Crippen LogP contribution in [0.1, 0.15) is 77.6 Å². The third kappa shape index (κ3) is 9.04. The molecule has 0 aromatic heterocycles. The number of hydrogen-bond acceptors (Lipinski definition) is 3. The van der Waals surface area contributed by atoms with E-state index in [0.29, 0.717) is 13.0 Å². The van der Waals surface area contributed by atoms with Crippen LogP contribution in [-0.2, 0) is 9.53 Å². The number of hydrogen-bond donors (Lipinski definition) is 1. The molecule has 3 heteroatoms. The summed E-state index contributed by atoms with van der Waals surface area (Å²) in [5.41, 5.74) is 0.